The number of rotatable bonds is 5. The van der Waals surface area contributed by atoms with Crippen LogP contribution in [0.15, 0.2) is 28.7 Å². The van der Waals surface area contributed by atoms with E-state index in [1.165, 1.54) is 0 Å². The number of nitrogens with zero attached hydrogens (tertiary/aromatic N) is 4. The van der Waals surface area contributed by atoms with Crippen molar-refractivity contribution in [3.63, 3.8) is 0 Å². The number of benzene rings is 1. The second kappa shape index (κ2) is 7.68. The lowest BCUT2D eigenvalue weighted by Crippen LogP contribution is -2.16. The minimum absolute atomic E-state index is 0.0287. The number of halogens is 1. The van der Waals surface area contributed by atoms with Crippen molar-refractivity contribution < 1.29 is 4.79 Å². The van der Waals surface area contributed by atoms with Crippen molar-refractivity contribution in [2.75, 3.05) is 5.32 Å². The Balaban J connectivity index is 1.79. The molecule has 1 aromatic carbocycles. The van der Waals surface area contributed by atoms with Gasteiger partial charge in [0.2, 0.25) is 5.91 Å². The smallest absolute Gasteiger partial charge is 0.225 e. The van der Waals surface area contributed by atoms with Crippen LogP contribution in [0.3, 0.4) is 0 Å². The van der Waals surface area contributed by atoms with E-state index in [0.717, 1.165) is 44.1 Å². The molecule has 27 heavy (non-hydrogen) atoms. The number of aromatic nitrogens is 4. The first-order chi connectivity index (χ1) is 12.8. The molecule has 0 fully saturated rings. The van der Waals surface area contributed by atoms with Gasteiger partial charge in [-0.05, 0) is 50.5 Å². The Bertz CT molecular complexity index is 985. The predicted octanol–water partition coefficient (Wildman–Crippen LogP) is 4.08. The van der Waals surface area contributed by atoms with E-state index in [-0.39, 0.29) is 5.91 Å². The van der Waals surface area contributed by atoms with Crippen molar-refractivity contribution >= 4 is 27.7 Å². The van der Waals surface area contributed by atoms with Crippen LogP contribution in [-0.4, -0.2) is 25.5 Å². The largest absolute Gasteiger partial charge is 0.310 e. The second-order valence-corrected chi connectivity index (χ2v) is 7.68. The molecule has 1 amide bonds. The number of nitrogens with one attached hydrogen (secondary N) is 1. The van der Waals surface area contributed by atoms with E-state index in [4.69, 9.17) is 0 Å². The summed E-state index contributed by atoms with van der Waals surface area (Å²) in [6.45, 7) is 5.97. The SMILES string of the molecule is Cc1nn(C)c(C)c1CCC(=O)Nc1c(-c2ccc(Br)cc2)c(C)nn1C. The summed E-state index contributed by atoms with van der Waals surface area (Å²) in [5, 5.41) is 12.0. The Morgan fingerprint density at radius 3 is 2.26 bits per heavy atom. The fourth-order valence-electron chi connectivity index (χ4n) is 3.38. The number of carbonyl (C=O) groups excluding carboxylic acids is 1. The Morgan fingerprint density at radius 2 is 1.67 bits per heavy atom. The Hall–Kier alpha value is -2.41. The second-order valence-electron chi connectivity index (χ2n) is 6.76. The molecule has 3 aromatic rings. The number of carbonyl (C=O) groups is 1. The monoisotopic (exact) mass is 429 g/mol. The quantitative estimate of drug-likeness (QED) is 0.664. The average Bonchev–Trinajstić information content (AvgIpc) is 3.02. The van der Waals surface area contributed by atoms with Crippen molar-refractivity contribution in [2.45, 2.75) is 33.6 Å². The van der Waals surface area contributed by atoms with Crippen molar-refractivity contribution in [3.8, 4) is 11.1 Å². The molecule has 142 valence electrons. The zero-order valence-electron chi connectivity index (χ0n) is 16.3. The molecule has 2 heterocycles. The van der Waals surface area contributed by atoms with Gasteiger partial charge in [-0.1, -0.05) is 28.1 Å². The van der Waals surface area contributed by atoms with Crippen LogP contribution in [0.1, 0.15) is 29.1 Å². The Morgan fingerprint density at radius 1 is 1.04 bits per heavy atom. The molecule has 7 heteroatoms. The van der Waals surface area contributed by atoms with E-state index in [2.05, 4.69) is 31.4 Å². The van der Waals surface area contributed by atoms with E-state index in [9.17, 15) is 4.79 Å². The van der Waals surface area contributed by atoms with Crippen LogP contribution in [0, 0.1) is 20.8 Å². The summed E-state index contributed by atoms with van der Waals surface area (Å²) in [4.78, 5) is 12.6. The summed E-state index contributed by atoms with van der Waals surface area (Å²) in [5.74, 6) is 0.693. The number of anilines is 1. The van der Waals surface area contributed by atoms with Gasteiger partial charge >= 0.3 is 0 Å². The summed E-state index contributed by atoms with van der Waals surface area (Å²) < 4.78 is 4.60. The molecule has 0 unspecified atom stereocenters. The van der Waals surface area contributed by atoms with Gasteiger partial charge in [0.25, 0.3) is 0 Å². The molecular weight excluding hydrogens is 406 g/mol. The first-order valence-corrected chi connectivity index (χ1v) is 9.65. The van der Waals surface area contributed by atoms with Crippen LogP contribution in [0.4, 0.5) is 5.82 Å². The lowest BCUT2D eigenvalue weighted by molar-refractivity contribution is -0.116. The van der Waals surface area contributed by atoms with Crippen LogP contribution in [-0.2, 0) is 25.3 Å². The summed E-state index contributed by atoms with van der Waals surface area (Å²) in [6, 6.07) is 8.01. The first kappa shape index (κ1) is 19.4. The van der Waals surface area contributed by atoms with E-state index in [1.807, 2.05) is 63.8 Å². The minimum atomic E-state index is -0.0287. The first-order valence-electron chi connectivity index (χ1n) is 8.86. The highest BCUT2D eigenvalue weighted by Crippen LogP contribution is 2.32. The predicted molar refractivity (Wildman–Crippen MR) is 111 cm³/mol. The molecule has 0 aliphatic carbocycles. The molecule has 0 radical (unpaired) electrons. The van der Waals surface area contributed by atoms with Crippen LogP contribution in [0.25, 0.3) is 11.1 Å². The van der Waals surface area contributed by atoms with Gasteiger partial charge in [-0.2, -0.15) is 10.2 Å². The standard InChI is InChI=1S/C20H24BrN5O/c1-12-17(14(3)25(4)23-12)10-11-18(27)22-20-19(13(2)24-26(20)5)15-6-8-16(21)9-7-15/h6-9H,10-11H2,1-5H3,(H,22,27). The van der Waals surface area contributed by atoms with E-state index in [0.29, 0.717) is 12.8 Å². The minimum Gasteiger partial charge on any atom is -0.310 e. The highest BCUT2D eigenvalue weighted by Gasteiger charge is 2.18. The molecule has 0 saturated heterocycles. The fourth-order valence-corrected chi connectivity index (χ4v) is 3.64. The van der Waals surface area contributed by atoms with Crippen molar-refractivity contribution in [2.24, 2.45) is 14.1 Å². The van der Waals surface area contributed by atoms with Gasteiger partial charge in [-0.15, -0.1) is 0 Å². The van der Waals surface area contributed by atoms with Crippen LogP contribution < -0.4 is 5.32 Å². The zero-order valence-corrected chi connectivity index (χ0v) is 17.9. The highest BCUT2D eigenvalue weighted by atomic mass is 79.9. The molecular formula is C20H24BrN5O. The highest BCUT2D eigenvalue weighted by molar-refractivity contribution is 9.10. The molecule has 0 aliphatic heterocycles. The van der Waals surface area contributed by atoms with E-state index < -0.39 is 0 Å². The Labute approximate surface area is 167 Å². The zero-order chi connectivity index (χ0) is 19.7. The maximum Gasteiger partial charge on any atom is 0.225 e. The molecule has 6 nitrogen and oxygen atoms in total. The van der Waals surface area contributed by atoms with Crippen LogP contribution >= 0.6 is 15.9 Å². The maximum absolute atomic E-state index is 12.6. The number of hydrogen-bond donors (Lipinski definition) is 1. The van der Waals surface area contributed by atoms with Gasteiger partial charge in [0, 0.05) is 36.2 Å². The molecule has 0 atom stereocenters. The lowest BCUT2D eigenvalue weighted by Gasteiger charge is -2.10. The molecule has 0 saturated carbocycles. The summed E-state index contributed by atoms with van der Waals surface area (Å²) in [7, 11) is 3.77. The maximum atomic E-state index is 12.6. The van der Waals surface area contributed by atoms with Gasteiger partial charge < -0.3 is 5.32 Å². The number of hydrogen-bond acceptors (Lipinski definition) is 3. The number of amides is 1. The van der Waals surface area contributed by atoms with Crippen LogP contribution in [0.5, 0.6) is 0 Å². The third kappa shape index (κ3) is 3.98. The molecule has 1 N–H and O–H groups in total. The van der Waals surface area contributed by atoms with E-state index in [1.54, 1.807) is 4.68 Å². The van der Waals surface area contributed by atoms with Gasteiger partial charge in [0.15, 0.2) is 0 Å². The summed E-state index contributed by atoms with van der Waals surface area (Å²) >= 11 is 3.46. The van der Waals surface area contributed by atoms with Gasteiger partial charge in [0.1, 0.15) is 5.82 Å². The van der Waals surface area contributed by atoms with Crippen molar-refractivity contribution in [3.05, 3.63) is 51.4 Å². The third-order valence-corrected chi connectivity index (χ3v) is 5.40. The third-order valence-electron chi connectivity index (χ3n) is 4.87. The molecule has 0 spiro atoms. The van der Waals surface area contributed by atoms with Crippen molar-refractivity contribution in [1.29, 1.82) is 0 Å². The lowest BCUT2D eigenvalue weighted by atomic mass is 10.1. The summed E-state index contributed by atoms with van der Waals surface area (Å²) in [5.41, 5.74) is 6.09. The molecule has 3 rings (SSSR count). The number of aryl methyl sites for hydroxylation is 4. The fraction of sp³-hybridized carbons (Fsp3) is 0.350. The van der Waals surface area contributed by atoms with E-state index >= 15 is 0 Å². The topological polar surface area (TPSA) is 64.7 Å². The van der Waals surface area contributed by atoms with Gasteiger partial charge in [-0.25, -0.2) is 0 Å². The normalized spacial score (nSPS) is 11.0. The van der Waals surface area contributed by atoms with Crippen molar-refractivity contribution in [1.82, 2.24) is 19.6 Å². The van der Waals surface area contributed by atoms with Gasteiger partial charge in [0.05, 0.1) is 11.4 Å². The Kier molecular flexibility index (Phi) is 5.51. The van der Waals surface area contributed by atoms with Gasteiger partial charge in [-0.3, -0.25) is 14.2 Å². The average molecular weight is 430 g/mol. The molecule has 2 aromatic heterocycles. The molecule has 0 aliphatic rings. The summed E-state index contributed by atoms with van der Waals surface area (Å²) in [6.07, 6.45) is 1.07. The molecule has 0 bridgehead atoms. The van der Waals surface area contributed by atoms with Crippen LogP contribution in [0.2, 0.25) is 0 Å².